The summed E-state index contributed by atoms with van der Waals surface area (Å²) < 4.78 is 0. The number of rotatable bonds is 2. The fraction of sp³-hybridized carbons (Fsp3) is 0.143. The SMILES string of the molecule is Cc1ccc(C(O)c2ccc(Cl)c(Cl)c2)cc1. The summed E-state index contributed by atoms with van der Waals surface area (Å²) in [5.41, 5.74) is 2.74. The van der Waals surface area contributed by atoms with Gasteiger partial charge in [0, 0.05) is 0 Å². The van der Waals surface area contributed by atoms with Crippen molar-refractivity contribution in [2.75, 3.05) is 0 Å². The van der Waals surface area contributed by atoms with E-state index >= 15 is 0 Å². The van der Waals surface area contributed by atoms with Crippen LogP contribution in [0.3, 0.4) is 0 Å². The number of aliphatic hydroxyl groups is 1. The van der Waals surface area contributed by atoms with Crippen molar-refractivity contribution in [3.8, 4) is 0 Å². The van der Waals surface area contributed by atoms with E-state index in [9.17, 15) is 5.11 Å². The summed E-state index contributed by atoms with van der Waals surface area (Å²) in [6.07, 6.45) is -0.676. The van der Waals surface area contributed by atoms with Crippen LogP contribution in [0.2, 0.25) is 10.0 Å². The minimum atomic E-state index is -0.676. The van der Waals surface area contributed by atoms with Crippen LogP contribution in [-0.4, -0.2) is 5.11 Å². The molecule has 88 valence electrons. The molecule has 0 fully saturated rings. The Morgan fingerprint density at radius 3 is 2.06 bits per heavy atom. The van der Waals surface area contributed by atoms with Gasteiger partial charge in [0.25, 0.3) is 0 Å². The summed E-state index contributed by atoms with van der Waals surface area (Å²) in [6, 6.07) is 12.9. The first-order valence-corrected chi connectivity index (χ1v) is 6.03. The molecule has 0 heterocycles. The van der Waals surface area contributed by atoms with E-state index in [1.165, 1.54) is 0 Å². The van der Waals surface area contributed by atoms with Gasteiger partial charge in [-0.25, -0.2) is 0 Å². The van der Waals surface area contributed by atoms with Gasteiger partial charge >= 0.3 is 0 Å². The third-order valence-electron chi connectivity index (χ3n) is 2.65. The minimum absolute atomic E-state index is 0.454. The summed E-state index contributed by atoms with van der Waals surface area (Å²) in [6.45, 7) is 2.01. The zero-order valence-corrected chi connectivity index (χ0v) is 10.8. The normalized spacial score (nSPS) is 12.5. The highest BCUT2D eigenvalue weighted by Crippen LogP contribution is 2.28. The smallest absolute Gasteiger partial charge is 0.104 e. The standard InChI is InChI=1S/C14H12Cl2O/c1-9-2-4-10(5-3-9)14(17)11-6-7-12(15)13(16)8-11/h2-8,14,17H,1H3. The van der Waals surface area contributed by atoms with Crippen LogP contribution in [0.1, 0.15) is 22.8 Å². The van der Waals surface area contributed by atoms with Crippen molar-refractivity contribution in [1.82, 2.24) is 0 Å². The number of hydrogen-bond acceptors (Lipinski definition) is 1. The van der Waals surface area contributed by atoms with E-state index in [0.29, 0.717) is 10.0 Å². The molecule has 2 aromatic rings. The van der Waals surface area contributed by atoms with Crippen molar-refractivity contribution in [2.45, 2.75) is 13.0 Å². The molecule has 1 N–H and O–H groups in total. The van der Waals surface area contributed by atoms with Crippen molar-refractivity contribution in [2.24, 2.45) is 0 Å². The molecule has 0 amide bonds. The molecule has 0 bridgehead atoms. The average Bonchev–Trinajstić information content (AvgIpc) is 2.33. The monoisotopic (exact) mass is 266 g/mol. The Bertz CT molecular complexity index is 520. The summed E-state index contributed by atoms with van der Waals surface area (Å²) in [4.78, 5) is 0. The molecule has 1 atom stereocenters. The molecule has 2 aromatic carbocycles. The average molecular weight is 267 g/mol. The zero-order valence-electron chi connectivity index (χ0n) is 9.32. The van der Waals surface area contributed by atoms with Gasteiger partial charge in [0.05, 0.1) is 10.0 Å². The third-order valence-corrected chi connectivity index (χ3v) is 3.39. The van der Waals surface area contributed by atoms with E-state index in [-0.39, 0.29) is 0 Å². The molecule has 0 aliphatic heterocycles. The quantitative estimate of drug-likeness (QED) is 0.855. The molecule has 17 heavy (non-hydrogen) atoms. The highest BCUT2D eigenvalue weighted by molar-refractivity contribution is 6.42. The van der Waals surface area contributed by atoms with E-state index in [4.69, 9.17) is 23.2 Å². The van der Waals surface area contributed by atoms with Gasteiger partial charge in [0.1, 0.15) is 6.10 Å². The first-order valence-electron chi connectivity index (χ1n) is 5.27. The largest absolute Gasteiger partial charge is 0.384 e. The van der Waals surface area contributed by atoms with E-state index in [2.05, 4.69) is 0 Å². The maximum Gasteiger partial charge on any atom is 0.104 e. The van der Waals surface area contributed by atoms with Gasteiger partial charge in [-0.05, 0) is 30.2 Å². The van der Waals surface area contributed by atoms with E-state index < -0.39 is 6.10 Å². The zero-order chi connectivity index (χ0) is 12.4. The highest BCUT2D eigenvalue weighted by Gasteiger charge is 2.11. The van der Waals surface area contributed by atoms with Gasteiger partial charge in [0.15, 0.2) is 0 Å². The molecular weight excluding hydrogens is 255 g/mol. The lowest BCUT2D eigenvalue weighted by Gasteiger charge is -2.12. The van der Waals surface area contributed by atoms with Crippen LogP contribution < -0.4 is 0 Å². The van der Waals surface area contributed by atoms with Gasteiger partial charge < -0.3 is 5.11 Å². The lowest BCUT2D eigenvalue weighted by molar-refractivity contribution is 0.220. The first kappa shape index (κ1) is 12.4. The molecule has 3 heteroatoms. The predicted molar refractivity (Wildman–Crippen MR) is 71.7 cm³/mol. The van der Waals surface area contributed by atoms with Crippen LogP contribution >= 0.6 is 23.2 Å². The van der Waals surface area contributed by atoms with Crippen LogP contribution in [-0.2, 0) is 0 Å². The maximum absolute atomic E-state index is 10.2. The van der Waals surface area contributed by atoms with Crippen molar-refractivity contribution >= 4 is 23.2 Å². The maximum atomic E-state index is 10.2. The molecule has 0 aliphatic carbocycles. The first-order chi connectivity index (χ1) is 8.08. The lowest BCUT2D eigenvalue weighted by atomic mass is 10.0. The fourth-order valence-electron chi connectivity index (χ4n) is 1.62. The number of aryl methyl sites for hydroxylation is 1. The van der Waals surface area contributed by atoms with Crippen LogP contribution in [0.15, 0.2) is 42.5 Å². The Balaban J connectivity index is 2.33. The Kier molecular flexibility index (Phi) is 3.72. The second-order valence-electron chi connectivity index (χ2n) is 3.99. The summed E-state index contributed by atoms with van der Waals surface area (Å²) >= 11 is 11.8. The summed E-state index contributed by atoms with van der Waals surface area (Å²) in [5.74, 6) is 0. The highest BCUT2D eigenvalue weighted by atomic mass is 35.5. The molecule has 2 rings (SSSR count). The Morgan fingerprint density at radius 2 is 1.47 bits per heavy atom. The topological polar surface area (TPSA) is 20.2 Å². The Hall–Kier alpha value is -1.02. The Labute approximate surface area is 111 Å². The summed E-state index contributed by atoms with van der Waals surface area (Å²) in [5, 5.41) is 11.1. The third kappa shape index (κ3) is 2.81. The fourth-order valence-corrected chi connectivity index (χ4v) is 1.93. The van der Waals surface area contributed by atoms with Crippen LogP contribution in [0.5, 0.6) is 0 Å². The van der Waals surface area contributed by atoms with Crippen LogP contribution in [0.4, 0.5) is 0 Å². The van der Waals surface area contributed by atoms with Crippen molar-refractivity contribution in [1.29, 1.82) is 0 Å². The number of hydrogen-bond donors (Lipinski definition) is 1. The van der Waals surface area contributed by atoms with E-state index in [1.807, 2.05) is 31.2 Å². The van der Waals surface area contributed by atoms with Crippen molar-refractivity contribution in [3.05, 3.63) is 69.2 Å². The molecule has 0 aromatic heterocycles. The second-order valence-corrected chi connectivity index (χ2v) is 4.80. The minimum Gasteiger partial charge on any atom is -0.384 e. The van der Waals surface area contributed by atoms with Gasteiger partial charge in [-0.2, -0.15) is 0 Å². The van der Waals surface area contributed by atoms with Crippen molar-refractivity contribution < 1.29 is 5.11 Å². The number of halogens is 2. The summed E-state index contributed by atoms with van der Waals surface area (Å²) in [7, 11) is 0. The van der Waals surface area contributed by atoms with E-state index in [0.717, 1.165) is 16.7 Å². The molecular formula is C14H12Cl2O. The van der Waals surface area contributed by atoms with Crippen LogP contribution in [0.25, 0.3) is 0 Å². The van der Waals surface area contributed by atoms with Gasteiger partial charge in [-0.1, -0.05) is 59.1 Å². The molecule has 0 aliphatic rings. The molecule has 1 nitrogen and oxygen atoms in total. The predicted octanol–water partition coefficient (Wildman–Crippen LogP) is 4.38. The molecule has 0 saturated carbocycles. The Morgan fingerprint density at radius 1 is 0.882 bits per heavy atom. The molecule has 0 saturated heterocycles. The number of aliphatic hydroxyl groups excluding tert-OH is 1. The van der Waals surface area contributed by atoms with Gasteiger partial charge in [-0.15, -0.1) is 0 Å². The molecule has 1 unspecified atom stereocenters. The van der Waals surface area contributed by atoms with Gasteiger partial charge in [0.2, 0.25) is 0 Å². The van der Waals surface area contributed by atoms with E-state index in [1.54, 1.807) is 18.2 Å². The molecule has 0 spiro atoms. The molecule has 0 radical (unpaired) electrons. The van der Waals surface area contributed by atoms with Crippen molar-refractivity contribution in [3.63, 3.8) is 0 Å². The van der Waals surface area contributed by atoms with Crippen LogP contribution in [0, 0.1) is 6.92 Å². The lowest BCUT2D eigenvalue weighted by Crippen LogP contribution is -1.99. The second kappa shape index (κ2) is 5.09. The number of benzene rings is 2. The van der Waals surface area contributed by atoms with Gasteiger partial charge in [-0.3, -0.25) is 0 Å².